The Balaban J connectivity index is 2.32. The van der Waals surface area contributed by atoms with Crippen molar-refractivity contribution in [3.8, 4) is 11.4 Å². The molecule has 18 heavy (non-hydrogen) atoms. The minimum atomic E-state index is 0.376. The smallest absolute Gasteiger partial charge is 0.141 e. The number of rotatable bonds is 2. The normalized spacial score (nSPS) is 11.3. The van der Waals surface area contributed by atoms with E-state index >= 15 is 0 Å². The number of pyridine rings is 1. The molecule has 3 rings (SSSR count). The second-order valence-corrected chi connectivity index (χ2v) is 4.62. The minimum absolute atomic E-state index is 0.376. The zero-order valence-electron chi connectivity index (χ0n) is 10.5. The Morgan fingerprint density at radius 2 is 1.72 bits per heavy atom. The van der Waals surface area contributed by atoms with E-state index in [0.717, 1.165) is 16.9 Å². The summed E-state index contributed by atoms with van der Waals surface area (Å²) in [5.41, 5.74) is 3.33. The lowest BCUT2D eigenvalue weighted by Gasteiger charge is -2.12. The first kappa shape index (κ1) is 11.0. The molecule has 0 saturated heterocycles. The Morgan fingerprint density at radius 3 is 2.44 bits per heavy atom. The highest BCUT2D eigenvalue weighted by Crippen LogP contribution is 2.27. The van der Waals surface area contributed by atoms with Crippen molar-refractivity contribution in [2.75, 3.05) is 0 Å². The van der Waals surface area contributed by atoms with Gasteiger partial charge >= 0.3 is 0 Å². The van der Waals surface area contributed by atoms with E-state index in [1.54, 1.807) is 12.4 Å². The Hall–Kier alpha value is -2.16. The van der Waals surface area contributed by atoms with Gasteiger partial charge < -0.3 is 4.57 Å². The van der Waals surface area contributed by atoms with Crippen molar-refractivity contribution < 1.29 is 0 Å². The molecule has 3 heteroatoms. The molecule has 0 radical (unpaired) electrons. The van der Waals surface area contributed by atoms with Gasteiger partial charge in [-0.15, -0.1) is 0 Å². The lowest BCUT2D eigenvalue weighted by molar-refractivity contribution is 0.624. The van der Waals surface area contributed by atoms with E-state index in [-0.39, 0.29) is 0 Å². The molecule has 0 saturated carbocycles. The third kappa shape index (κ3) is 1.68. The summed E-state index contributed by atoms with van der Waals surface area (Å²) in [6.07, 6.45) is 3.61. The Morgan fingerprint density at radius 1 is 1.00 bits per heavy atom. The van der Waals surface area contributed by atoms with Crippen molar-refractivity contribution in [1.82, 2.24) is 14.5 Å². The molecule has 0 aliphatic rings. The van der Waals surface area contributed by atoms with E-state index in [2.05, 4.69) is 41.6 Å². The van der Waals surface area contributed by atoms with Crippen LogP contribution in [-0.4, -0.2) is 14.5 Å². The third-order valence-corrected chi connectivity index (χ3v) is 3.05. The Kier molecular flexibility index (Phi) is 2.59. The quantitative estimate of drug-likeness (QED) is 0.680. The molecule has 0 aliphatic heterocycles. The largest absolute Gasteiger partial charge is 0.321 e. The van der Waals surface area contributed by atoms with Crippen LogP contribution >= 0.6 is 0 Å². The maximum Gasteiger partial charge on any atom is 0.141 e. The summed E-state index contributed by atoms with van der Waals surface area (Å²) in [5, 5.41) is 0. The van der Waals surface area contributed by atoms with Crippen LogP contribution in [0, 0.1) is 0 Å². The van der Waals surface area contributed by atoms with Crippen molar-refractivity contribution >= 4 is 11.0 Å². The van der Waals surface area contributed by atoms with Gasteiger partial charge in [0.05, 0.1) is 11.0 Å². The topological polar surface area (TPSA) is 30.7 Å². The Labute approximate surface area is 106 Å². The second kappa shape index (κ2) is 4.26. The summed E-state index contributed by atoms with van der Waals surface area (Å²) in [6.45, 7) is 4.36. The molecule has 1 aromatic carbocycles. The van der Waals surface area contributed by atoms with Crippen LogP contribution in [-0.2, 0) is 0 Å². The van der Waals surface area contributed by atoms with E-state index < -0.39 is 0 Å². The first-order chi connectivity index (χ1) is 8.77. The zero-order chi connectivity index (χ0) is 12.5. The highest BCUT2D eigenvalue weighted by molar-refractivity contribution is 5.80. The maximum atomic E-state index is 4.74. The van der Waals surface area contributed by atoms with Gasteiger partial charge in [0.25, 0.3) is 0 Å². The summed E-state index contributed by atoms with van der Waals surface area (Å²) in [4.78, 5) is 8.80. The number of hydrogen-bond donors (Lipinski definition) is 0. The molecule has 3 aromatic rings. The fourth-order valence-corrected chi connectivity index (χ4v) is 2.27. The molecule has 0 bridgehead atoms. The van der Waals surface area contributed by atoms with Crippen molar-refractivity contribution in [3.05, 3.63) is 48.8 Å². The summed E-state index contributed by atoms with van der Waals surface area (Å²) < 4.78 is 2.27. The van der Waals surface area contributed by atoms with Crippen molar-refractivity contribution in [2.24, 2.45) is 0 Å². The highest BCUT2D eigenvalue weighted by Gasteiger charge is 2.13. The molecule has 2 heterocycles. The minimum Gasteiger partial charge on any atom is -0.321 e. The molecule has 2 aromatic heterocycles. The van der Waals surface area contributed by atoms with Gasteiger partial charge in [-0.05, 0) is 38.1 Å². The first-order valence-corrected chi connectivity index (χ1v) is 6.15. The van der Waals surface area contributed by atoms with Crippen LogP contribution in [0.4, 0.5) is 0 Å². The Bertz CT molecular complexity index is 669. The number of para-hydroxylation sites is 2. The molecular formula is C15H15N3. The average molecular weight is 237 g/mol. The zero-order valence-corrected chi connectivity index (χ0v) is 10.5. The third-order valence-electron chi connectivity index (χ3n) is 3.05. The van der Waals surface area contributed by atoms with Crippen LogP contribution in [0.2, 0.25) is 0 Å². The predicted octanol–water partition coefficient (Wildman–Crippen LogP) is 3.68. The van der Waals surface area contributed by atoms with Crippen LogP contribution in [0.1, 0.15) is 19.9 Å². The molecule has 90 valence electrons. The number of nitrogens with zero attached hydrogens (tertiary/aromatic N) is 3. The van der Waals surface area contributed by atoms with Crippen molar-refractivity contribution in [3.63, 3.8) is 0 Å². The van der Waals surface area contributed by atoms with Gasteiger partial charge in [0.1, 0.15) is 5.82 Å². The van der Waals surface area contributed by atoms with E-state index in [4.69, 9.17) is 4.98 Å². The number of imidazole rings is 1. The molecule has 0 atom stereocenters. The average Bonchev–Trinajstić information content (AvgIpc) is 2.79. The fraction of sp³-hybridized carbons (Fsp3) is 0.200. The van der Waals surface area contributed by atoms with Gasteiger partial charge in [0, 0.05) is 24.0 Å². The van der Waals surface area contributed by atoms with Gasteiger partial charge in [-0.25, -0.2) is 4.98 Å². The number of fused-ring (bicyclic) bond motifs is 1. The summed E-state index contributed by atoms with van der Waals surface area (Å²) >= 11 is 0. The summed E-state index contributed by atoms with van der Waals surface area (Å²) in [7, 11) is 0. The number of aromatic nitrogens is 3. The molecular weight excluding hydrogens is 222 g/mol. The molecule has 0 amide bonds. The van der Waals surface area contributed by atoms with Gasteiger partial charge in [-0.2, -0.15) is 0 Å². The first-order valence-electron chi connectivity index (χ1n) is 6.15. The summed E-state index contributed by atoms with van der Waals surface area (Å²) in [6, 6.07) is 12.6. The van der Waals surface area contributed by atoms with Crippen LogP contribution in [0.25, 0.3) is 22.4 Å². The SMILES string of the molecule is CC(C)n1c(-c2ccncc2)nc2ccccc21. The highest BCUT2D eigenvalue weighted by atomic mass is 15.1. The fourth-order valence-electron chi connectivity index (χ4n) is 2.27. The van der Waals surface area contributed by atoms with Gasteiger partial charge in [-0.3, -0.25) is 4.98 Å². The number of hydrogen-bond acceptors (Lipinski definition) is 2. The lowest BCUT2D eigenvalue weighted by atomic mass is 10.2. The van der Waals surface area contributed by atoms with Crippen LogP contribution in [0.3, 0.4) is 0 Å². The van der Waals surface area contributed by atoms with Gasteiger partial charge in [-0.1, -0.05) is 12.1 Å². The second-order valence-electron chi connectivity index (χ2n) is 4.62. The van der Waals surface area contributed by atoms with Crippen LogP contribution in [0.15, 0.2) is 48.8 Å². The predicted molar refractivity (Wildman–Crippen MR) is 73.3 cm³/mol. The standard InChI is InChI=1S/C15H15N3/c1-11(2)18-14-6-4-3-5-13(14)17-15(18)12-7-9-16-10-8-12/h3-11H,1-2H3. The molecule has 0 aliphatic carbocycles. The monoisotopic (exact) mass is 237 g/mol. The van der Waals surface area contributed by atoms with Gasteiger partial charge in [0.2, 0.25) is 0 Å². The van der Waals surface area contributed by atoms with E-state index in [1.807, 2.05) is 18.2 Å². The lowest BCUT2D eigenvalue weighted by Crippen LogP contribution is -2.02. The van der Waals surface area contributed by atoms with Crippen molar-refractivity contribution in [2.45, 2.75) is 19.9 Å². The van der Waals surface area contributed by atoms with E-state index in [0.29, 0.717) is 6.04 Å². The van der Waals surface area contributed by atoms with Crippen LogP contribution in [0.5, 0.6) is 0 Å². The van der Waals surface area contributed by atoms with Crippen molar-refractivity contribution in [1.29, 1.82) is 0 Å². The summed E-state index contributed by atoms with van der Waals surface area (Å²) in [5.74, 6) is 1.01. The molecule has 0 unspecified atom stereocenters. The van der Waals surface area contributed by atoms with Crippen LogP contribution < -0.4 is 0 Å². The molecule has 0 fully saturated rings. The molecule has 3 nitrogen and oxygen atoms in total. The maximum absolute atomic E-state index is 4.74. The van der Waals surface area contributed by atoms with E-state index in [1.165, 1.54) is 5.52 Å². The molecule has 0 N–H and O–H groups in total. The van der Waals surface area contributed by atoms with E-state index in [9.17, 15) is 0 Å². The molecule has 0 spiro atoms. The van der Waals surface area contributed by atoms with Gasteiger partial charge in [0.15, 0.2) is 0 Å². The number of benzene rings is 1.